The van der Waals surface area contributed by atoms with Crippen LogP contribution in [0.1, 0.15) is 35.7 Å². The van der Waals surface area contributed by atoms with Crippen molar-refractivity contribution in [1.29, 1.82) is 0 Å². The number of hydrogen-bond donors (Lipinski definition) is 1. The zero-order valence-corrected chi connectivity index (χ0v) is 11.9. The van der Waals surface area contributed by atoms with Gasteiger partial charge in [0.1, 0.15) is 5.82 Å². The highest BCUT2D eigenvalue weighted by Crippen LogP contribution is 2.25. The number of aromatic carboxylic acids is 1. The van der Waals surface area contributed by atoms with Gasteiger partial charge in [-0.05, 0) is 38.4 Å². The zero-order valence-electron chi connectivity index (χ0n) is 11.9. The van der Waals surface area contributed by atoms with Crippen LogP contribution in [0.3, 0.4) is 0 Å². The lowest BCUT2D eigenvalue weighted by atomic mass is 9.94. The molecule has 2 rings (SSSR count). The van der Waals surface area contributed by atoms with E-state index in [1.54, 1.807) is 13.2 Å². The summed E-state index contributed by atoms with van der Waals surface area (Å²) in [5.41, 5.74) is 0.317. The minimum Gasteiger partial charge on any atom is -0.478 e. The number of carboxylic acids is 1. The molecule has 0 spiro atoms. The number of carbonyl (C=O) groups is 1. The van der Waals surface area contributed by atoms with E-state index in [2.05, 4.69) is 11.8 Å². The lowest BCUT2D eigenvalue weighted by molar-refractivity contribution is -0.0528. The van der Waals surface area contributed by atoms with Crippen molar-refractivity contribution in [3.63, 3.8) is 0 Å². The summed E-state index contributed by atoms with van der Waals surface area (Å²) in [6.45, 7) is 4.19. The summed E-state index contributed by atoms with van der Waals surface area (Å²) < 4.78 is 19.4. The van der Waals surface area contributed by atoms with E-state index in [0.717, 1.165) is 32.0 Å². The fraction of sp³-hybridized carbons (Fsp3) is 0.533. The average Bonchev–Trinajstić information content (AvgIpc) is 2.41. The summed E-state index contributed by atoms with van der Waals surface area (Å²) in [6.07, 6.45) is 2.01. The molecule has 0 radical (unpaired) electrons. The van der Waals surface area contributed by atoms with E-state index in [0.29, 0.717) is 12.1 Å². The molecule has 1 saturated heterocycles. The van der Waals surface area contributed by atoms with Gasteiger partial charge in [-0.2, -0.15) is 0 Å². The molecule has 1 fully saturated rings. The van der Waals surface area contributed by atoms with Crippen LogP contribution in [0, 0.1) is 5.82 Å². The number of benzene rings is 1. The summed E-state index contributed by atoms with van der Waals surface area (Å²) in [5.74, 6) is -1.57. The van der Waals surface area contributed by atoms with Crippen LogP contribution >= 0.6 is 0 Å². The molecule has 1 atom stereocenters. The van der Waals surface area contributed by atoms with Gasteiger partial charge in [-0.25, -0.2) is 9.18 Å². The maximum Gasteiger partial charge on any atom is 0.335 e. The molecule has 1 N–H and O–H groups in total. The van der Waals surface area contributed by atoms with Crippen LogP contribution in [0.2, 0.25) is 0 Å². The number of carboxylic acid groups (broad SMARTS) is 1. The minimum absolute atomic E-state index is 0.0216. The average molecular weight is 281 g/mol. The number of hydrogen-bond acceptors (Lipinski definition) is 3. The van der Waals surface area contributed by atoms with Crippen molar-refractivity contribution in [2.24, 2.45) is 0 Å². The van der Waals surface area contributed by atoms with Gasteiger partial charge in [0.15, 0.2) is 0 Å². The van der Waals surface area contributed by atoms with Crippen LogP contribution in [0.5, 0.6) is 0 Å². The van der Waals surface area contributed by atoms with Crippen molar-refractivity contribution in [1.82, 2.24) is 4.90 Å². The van der Waals surface area contributed by atoms with Gasteiger partial charge in [0.05, 0.1) is 11.2 Å². The topological polar surface area (TPSA) is 49.8 Å². The monoisotopic (exact) mass is 281 g/mol. The van der Waals surface area contributed by atoms with Crippen molar-refractivity contribution in [3.8, 4) is 0 Å². The van der Waals surface area contributed by atoms with Crippen LogP contribution in [-0.4, -0.2) is 41.8 Å². The number of rotatable bonds is 4. The molecule has 20 heavy (non-hydrogen) atoms. The van der Waals surface area contributed by atoms with Gasteiger partial charge >= 0.3 is 5.97 Å². The van der Waals surface area contributed by atoms with Gasteiger partial charge in [0.2, 0.25) is 0 Å². The molecule has 1 aliphatic heterocycles. The minimum atomic E-state index is -1.11. The van der Waals surface area contributed by atoms with Gasteiger partial charge in [-0.3, -0.25) is 4.90 Å². The molecule has 4 nitrogen and oxygen atoms in total. The third-order valence-corrected chi connectivity index (χ3v) is 3.92. The maximum absolute atomic E-state index is 13.9. The third-order valence-electron chi connectivity index (χ3n) is 3.92. The van der Waals surface area contributed by atoms with E-state index in [1.165, 1.54) is 6.07 Å². The van der Waals surface area contributed by atoms with E-state index in [4.69, 9.17) is 9.84 Å². The van der Waals surface area contributed by atoms with Crippen molar-refractivity contribution in [2.75, 3.05) is 20.2 Å². The number of piperidine rings is 1. The van der Waals surface area contributed by atoms with E-state index >= 15 is 0 Å². The largest absolute Gasteiger partial charge is 0.478 e. The second kappa shape index (κ2) is 5.89. The lowest BCUT2D eigenvalue weighted by Gasteiger charge is -2.39. The lowest BCUT2D eigenvalue weighted by Crippen LogP contribution is -2.46. The summed E-state index contributed by atoms with van der Waals surface area (Å²) in [4.78, 5) is 12.9. The molecule has 1 heterocycles. The molecular weight excluding hydrogens is 261 g/mol. The first-order valence-corrected chi connectivity index (χ1v) is 6.73. The molecule has 0 aliphatic carbocycles. The van der Waals surface area contributed by atoms with Crippen LogP contribution in [-0.2, 0) is 11.3 Å². The first kappa shape index (κ1) is 14.9. The Hall–Kier alpha value is -1.46. The standard InChI is InChI=1S/C15H20FNO3/c1-15(20-2)6-3-7-17(10-15)9-12-5-4-11(14(18)19)8-13(12)16/h4-5,8H,3,6-7,9-10H2,1-2H3,(H,18,19). The van der Waals surface area contributed by atoms with Crippen LogP contribution in [0.25, 0.3) is 0 Å². The Morgan fingerprint density at radius 3 is 2.90 bits per heavy atom. The Kier molecular flexibility index (Phi) is 4.40. The number of likely N-dealkylation sites (tertiary alicyclic amines) is 1. The fourth-order valence-electron chi connectivity index (χ4n) is 2.66. The molecule has 1 aliphatic rings. The van der Waals surface area contributed by atoms with E-state index in [-0.39, 0.29) is 11.2 Å². The molecule has 0 amide bonds. The van der Waals surface area contributed by atoms with Crippen molar-refractivity contribution in [3.05, 3.63) is 35.1 Å². The number of ether oxygens (including phenoxy) is 1. The first-order chi connectivity index (χ1) is 9.43. The highest BCUT2D eigenvalue weighted by molar-refractivity contribution is 5.87. The summed E-state index contributed by atoms with van der Waals surface area (Å²) in [6, 6.07) is 4.08. The van der Waals surface area contributed by atoms with Crippen LogP contribution in [0.15, 0.2) is 18.2 Å². The number of methoxy groups -OCH3 is 1. The highest BCUT2D eigenvalue weighted by Gasteiger charge is 2.30. The SMILES string of the molecule is COC1(C)CCCN(Cc2ccc(C(=O)O)cc2F)C1. The van der Waals surface area contributed by atoms with E-state index < -0.39 is 11.8 Å². The van der Waals surface area contributed by atoms with Crippen molar-refractivity contribution < 1.29 is 19.0 Å². The van der Waals surface area contributed by atoms with Gasteiger partial charge in [-0.15, -0.1) is 0 Å². The highest BCUT2D eigenvalue weighted by atomic mass is 19.1. The Balaban J connectivity index is 2.08. The normalized spacial score (nSPS) is 23.8. The van der Waals surface area contributed by atoms with Crippen molar-refractivity contribution >= 4 is 5.97 Å². The van der Waals surface area contributed by atoms with E-state index in [9.17, 15) is 9.18 Å². The van der Waals surface area contributed by atoms with Gasteiger partial charge in [-0.1, -0.05) is 6.07 Å². The Bertz CT molecular complexity index is 506. The Morgan fingerprint density at radius 1 is 1.55 bits per heavy atom. The first-order valence-electron chi connectivity index (χ1n) is 6.73. The molecular formula is C15H20FNO3. The third kappa shape index (κ3) is 3.35. The number of nitrogens with zero attached hydrogens (tertiary/aromatic N) is 1. The van der Waals surface area contributed by atoms with Crippen LogP contribution in [0.4, 0.5) is 4.39 Å². The summed E-state index contributed by atoms with van der Waals surface area (Å²) in [7, 11) is 1.70. The zero-order chi connectivity index (χ0) is 14.8. The molecule has 0 bridgehead atoms. The summed E-state index contributed by atoms with van der Waals surface area (Å²) in [5, 5.41) is 8.83. The molecule has 110 valence electrons. The van der Waals surface area contributed by atoms with Crippen molar-refractivity contribution in [2.45, 2.75) is 31.9 Å². The molecule has 0 saturated carbocycles. The summed E-state index contributed by atoms with van der Waals surface area (Å²) >= 11 is 0. The predicted octanol–water partition coefficient (Wildman–Crippen LogP) is 2.52. The Labute approximate surface area is 118 Å². The second-order valence-corrected chi connectivity index (χ2v) is 5.58. The second-order valence-electron chi connectivity index (χ2n) is 5.58. The smallest absolute Gasteiger partial charge is 0.335 e. The Morgan fingerprint density at radius 2 is 2.30 bits per heavy atom. The van der Waals surface area contributed by atoms with Gasteiger partial charge in [0.25, 0.3) is 0 Å². The van der Waals surface area contributed by atoms with Crippen LogP contribution < -0.4 is 0 Å². The maximum atomic E-state index is 13.9. The molecule has 1 unspecified atom stereocenters. The quantitative estimate of drug-likeness (QED) is 0.921. The fourth-order valence-corrected chi connectivity index (χ4v) is 2.66. The molecule has 1 aromatic carbocycles. The van der Waals surface area contributed by atoms with E-state index in [1.807, 2.05) is 0 Å². The molecule has 5 heteroatoms. The molecule has 0 aromatic heterocycles. The van der Waals surface area contributed by atoms with Gasteiger partial charge < -0.3 is 9.84 Å². The van der Waals surface area contributed by atoms with Gasteiger partial charge in [0, 0.05) is 25.8 Å². The number of halogens is 1. The predicted molar refractivity (Wildman–Crippen MR) is 73.3 cm³/mol. The molecule has 1 aromatic rings.